The molecule has 5 nitrogen and oxygen atoms in total. The molecule has 19 heavy (non-hydrogen) atoms. The number of hydrogen-bond donors (Lipinski definition) is 1. The van der Waals surface area contributed by atoms with Gasteiger partial charge in [-0.15, -0.1) is 0 Å². The van der Waals surface area contributed by atoms with E-state index < -0.39 is 21.9 Å². The number of hydrogen-bond acceptors (Lipinski definition) is 3. The third-order valence-corrected chi connectivity index (χ3v) is 5.89. The zero-order chi connectivity index (χ0) is 14.0. The summed E-state index contributed by atoms with van der Waals surface area (Å²) in [4.78, 5) is 11.1. The van der Waals surface area contributed by atoms with Crippen molar-refractivity contribution in [2.24, 2.45) is 5.92 Å². The molecule has 104 valence electrons. The third-order valence-electron chi connectivity index (χ3n) is 3.25. The van der Waals surface area contributed by atoms with E-state index in [1.165, 1.54) is 4.31 Å². The van der Waals surface area contributed by atoms with Crippen molar-refractivity contribution in [1.82, 2.24) is 4.31 Å². The van der Waals surface area contributed by atoms with Gasteiger partial charge in [0.15, 0.2) is 0 Å². The van der Waals surface area contributed by atoms with E-state index in [9.17, 15) is 13.2 Å². The molecule has 1 aliphatic rings. The molecule has 0 radical (unpaired) electrons. The van der Waals surface area contributed by atoms with E-state index in [2.05, 4.69) is 22.6 Å². The highest BCUT2D eigenvalue weighted by Gasteiger charge is 2.31. The Morgan fingerprint density at radius 2 is 1.74 bits per heavy atom. The van der Waals surface area contributed by atoms with Crippen LogP contribution in [-0.2, 0) is 14.8 Å². The number of rotatable bonds is 3. The van der Waals surface area contributed by atoms with Crippen LogP contribution in [0.3, 0.4) is 0 Å². The van der Waals surface area contributed by atoms with Gasteiger partial charge in [0, 0.05) is 16.7 Å². The largest absolute Gasteiger partial charge is 0.481 e. The van der Waals surface area contributed by atoms with Gasteiger partial charge in [-0.2, -0.15) is 4.31 Å². The van der Waals surface area contributed by atoms with Gasteiger partial charge in [0.2, 0.25) is 10.0 Å². The number of carboxylic acids is 1. The Morgan fingerprint density at radius 1 is 1.21 bits per heavy atom. The van der Waals surface area contributed by atoms with Gasteiger partial charge in [0.25, 0.3) is 0 Å². The maximum Gasteiger partial charge on any atom is 0.306 e. The molecule has 1 fully saturated rings. The summed E-state index contributed by atoms with van der Waals surface area (Å²) < 4.78 is 27.0. The Morgan fingerprint density at radius 3 is 2.21 bits per heavy atom. The van der Waals surface area contributed by atoms with Crippen LogP contribution in [0.25, 0.3) is 0 Å². The summed E-state index contributed by atoms with van der Waals surface area (Å²) in [6.07, 6.45) is 0.748. The van der Waals surface area contributed by atoms with Gasteiger partial charge < -0.3 is 5.11 Å². The minimum Gasteiger partial charge on any atom is -0.481 e. The first-order valence-electron chi connectivity index (χ1n) is 5.90. The summed E-state index contributed by atoms with van der Waals surface area (Å²) in [6, 6.07) is 6.66. The Labute approximate surface area is 125 Å². The summed E-state index contributed by atoms with van der Waals surface area (Å²) in [5.41, 5.74) is 0. The van der Waals surface area contributed by atoms with Gasteiger partial charge in [-0.1, -0.05) is 0 Å². The SMILES string of the molecule is O=C(O)C1CCN(S(=O)(=O)c2ccc(I)cc2)CC1. The quantitative estimate of drug-likeness (QED) is 0.792. The molecular weight excluding hydrogens is 381 g/mol. The molecule has 1 aromatic rings. The van der Waals surface area contributed by atoms with E-state index in [-0.39, 0.29) is 18.0 Å². The lowest BCUT2D eigenvalue weighted by Gasteiger charge is -2.29. The second-order valence-corrected chi connectivity index (χ2v) is 7.65. The molecule has 1 heterocycles. The molecule has 0 saturated carbocycles. The Hall–Kier alpha value is -0.670. The fraction of sp³-hybridized carbons (Fsp3) is 0.417. The molecule has 0 bridgehead atoms. The molecule has 0 spiro atoms. The van der Waals surface area contributed by atoms with Crippen LogP contribution in [0.2, 0.25) is 0 Å². The van der Waals surface area contributed by atoms with Crippen LogP contribution in [0.4, 0.5) is 0 Å². The minimum absolute atomic E-state index is 0.265. The highest BCUT2D eigenvalue weighted by molar-refractivity contribution is 14.1. The van der Waals surface area contributed by atoms with E-state index in [0.29, 0.717) is 12.8 Å². The van der Waals surface area contributed by atoms with Crippen molar-refractivity contribution < 1.29 is 18.3 Å². The fourth-order valence-corrected chi connectivity index (χ4v) is 3.93. The van der Waals surface area contributed by atoms with Gasteiger partial charge in [-0.3, -0.25) is 4.79 Å². The van der Waals surface area contributed by atoms with Gasteiger partial charge in [0.1, 0.15) is 0 Å². The monoisotopic (exact) mass is 395 g/mol. The lowest BCUT2D eigenvalue weighted by atomic mass is 9.99. The van der Waals surface area contributed by atoms with Crippen molar-refractivity contribution in [3.05, 3.63) is 27.8 Å². The first-order valence-corrected chi connectivity index (χ1v) is 8.41. The zero-order valence-corrected chi connectivity index (χ0v) is 13.1. The van der Waals surface area contributed by atoms with Crippen LogP contribution >= 0.6 is 22.6 Å². The number of carbonyl (C=O) groups is 1. The van der Waals surface area contributed by atoms with Gasteiger partial charge in [-0.25, -0.2) is 8.42 Å². The van der Waals surface area contributed by atoms with Crippen molar-refractivity contribution in [3.8, 4) is 0 Å². The number of halogens is 1. The third kappa shape index (κ3) is 3.26. The van der Waals surface area contributed by atoms with Crippen LogP contribution in [0, 0.1) is 9.49 Å². The molecule has 0 amide bonds. The summed E-state index contributed by atoms with van der Waals surface area (Å²) >= 11 is 2.12. The van der Waals surface area contributed by atoms with E-state index in [1.807, 2.05) is 0 Å². The molecule has 1 aromatic carbocycles. The Kier molecular flexibility index (Phi) is 4.46. The normalized spacial score (nSPS) is 18.4. The average Bonchev–Trinajstić information content (AvgIpc) is 2.39. The topological polar surface area (TPSA) is 74.7 Å². The molecule has 0 unspecified atom stereocenters. The molecule has 0 aliphatic carbocycles. The van der Waals surface area contributed by atoms with Gasteiger partial charge >= 0.3 is 5.97 Å². The maximum atomic E-state index is 12.4. The van der Waals surface area contributed by atoms with Crippen LogP contribution in [0.1, 0.15) is 12.8 Å². The highest BCUT2D eigenvalue weighted by Crippen LogP contribution is 2.24. The minimum atomic E-state index is -3.49. The number of aliphatic carboxylic acids is 1. The Balaban J connectivity index is 2.14. The van der Waals surface area contributed by atoms with E-state index in [0.717, 1.165) is 3.57 Å². The van der Waals surface area contributed by atoms with Crippen molar-refractivity contribution in [1.29, 1.82) is 0 Å². The number of benzene rings is 1. The molecular formula is C12H14INO4S. The first kappa shape index (κ1) is 14.7. The van der Waals surface area contributed by atoms with Crippen molar-refractivity contribution in [3.63, 3.8) is 0 Å². The number of nitrogens with zero attached hydrogens (tertiary/aromatic N) is 1. The van der Waals surface area contributed by atoms with Gasteiger partial charge in [0.05, 0.1) is 10.8 Å². The van der Waals surface area contributed by atoms with E-state index in [1.54, 1.807) is 24.3 Å². The Bertz CT molecular complexity index is 562. The molecule has 2 rings (SSSR count). The van der Waals surface area contributed by atoms with Crippen LogP contribution in [0.15, 0.2) is 29.2 Å². The predicted molar refractivity (Wildman–Crippen MR) is 78.3 cm³/mol. The van der Waals surface area contributed by atoms with E-state index in [4.69, 9.17) is 5.11 Å². The number of piperidine rings is 1. The number of carboxylic acid groups (broad SMARTS) is 1. The molecule has 1 N–H and O–H groups in total. The average molecular weight is 395 g/mol. The van der Waals surface area contributed by atoms with Crippen molar-refractivity contribution in [2.75, 3.05) is 13.1 Å². The second-order valence-electron chi connectivity index (χ2n) is 4.47. The molecule has 0 aromatic heterocycles. The van der Waals surface area contributed by atoms with E-state index >= 15 is 0 Å². The first-order chi connectivity index (χ1) is 8.91. The molecule has 0 atom stereocenters. The highest BCUT2D eigenvalue weighted by atomic mass is 127. The predicted octanol–water partition coefficient (Wildman–Crippen LogP) is 1.78. The second kappa shape index (κ2) is 5.76. The summed E-state index contributed by atoms with van der Waals surface area (Å²) in [7, 11) is -3.49. The summed E-state index contributed by atoms with van der Waals surface area (Å²) in [6.45, 7) is 0.538. The van der Waals surface area contributed by atoms with Crippen LogP contribution < -0.4 is 0 Å². The number of sulfonamides is 1. The molecule has 1 aliphatic heterocycles. The lowest BCUT2D eigenvalue weighted by Crippen LogP contribution is -2.40. The fourth-order valence-electron chi connectivity index (χ4n) is 2.10. The van der Waals surface area contributed by atoms with Gasteiger partial charge in [-0.05, 0) is 59.7 Å². The zero-order valence-electron chi connectivity index (χ0n) is 10.1. The lowest BCUT2D eigenvalue weighted by molar-refractivity contribution is -0.142. The smallest absolute Gasteiger partial charge is 0.306 e. The van der Waals surface area contributed by atoms with Crippen molar-refractivity contribution >= 4 is 38.6 Å². The van der Waals surface area contributed by atoms with Crippen LogP contribution in [0.5, 0.6) is 0 Å². The standard InChI is InChI=1S/C12H14INO4S/c13-10-1-3-11(4-2-10)19(17,18)14-7-5-9(6-8-14)12(15)16/h1-4,9H,5-8H2,(H,15,16). The van der Waals surface area contributed by atoms with Crippen LogP contribution in [-0.4, -0.2) is 36.9 Å². The summed E-state index contributed by atoms with van der Waals surface area (Å²) in [5, 5.41) is 8.91. The molecule has 1 saturated heterocycles. The maximum absolute atomic E-state index is 12.4. The summed E-state index contributed by atoms with van der Waals surface area (Å²) in [5.74, 6) is -1.27. The molecule has 7 heteroatoms. The van der Waals surface area contributed by atoms with Crippen molar-refractivity contribution in [2.45, 2.75) is 17.7 Å².